The van der Waals surface area contributed by atoms with Crippen LogP contribution in [0.15, 0.2) is 47.4 Å². The van der Waals surface area contributed by atoms with Crippen LogP contribution in [-0.2, 0) is 14.8 Å². The van der Waals surface area contributed by atoms with Crippen LogP contribution in [-0.4, -0.2) is 56.0 Å². The van der Waals surface area contributed by atoms with Gasteiger partial charge in [0.15, 0.2) is 5.13 Å². The van der Waals surface area contributed by atoms with Crippen molar-refractivity contribution >= 4 is 54.2 Å². The maximum Gasteiger partial charge on any atom is 0.260 e. The Labute approximate surface area is 214 Å². The van der Waals surface area contributed by atoms with Crippen LogP contribution in [0.3, 0.4) is 0 Å². The average Bonchev–Trinajstić information content (AvgIpc) is 3.52. The zero-order valence-corrected chi connectivity index (χ0v) is 21.9. The predicted octanol–water partition coefficient (Wildman–Crippen LogP) is 5.20. The Kier molecular flexibility index (Phi) is 7.14. The first kappa shape index (κ1) is 24.6. The number of ether oxygens (including phenoxy) is 1. The number of hydrogen-bond acceptors (Lipinski definition) is 6. The predicted molar refractivity (Wildman–Crippen MR) is 139 cm³/mol. The third-order valence-corrected chi connectivity index (χ3v) is 9.90. The number of carbonyl (C=O) groups excluding carboxylic acids is 1. The summed E-state index contributed by atoms with van der Waals surface area (Å²) in [5, 5.41) is 1.19. The van der Waals surface area contributed by atoms with E-state index in [-0.39, 0.29) is 16.9 Å². The molecule has 1 unspecified atom stereocenters. The number of carbonyl (C=O) groups is 1. The highest BCUT2D eigenvalue weighted by atomic mass is 35.5. The van der Waals surface area contributed by atoms with E-state index in [1.807, 2.05) is 12.1 Å². The topological polar surface area (TPSA) is 79.8 Å². The summed E-state index contributed by atoms with van der Waals surface area (Å²) in [7, 11) is -3.57. The molecule has 3 aromatic rings. The van der Waals surface area contributed by atoms with Crippen LogP contribution in [0.4, 0.5) is 5.13 Å². The van der Waals surface area contributed by atoms with Crippen molar-refractivity contribution in [1.29, 1.82) is 0 Å². The van der Waals surface area contributed by atoms with Gasteiger partial charge in [-0.25, -0.2) is 13.4 Å². The van der Waals surface area contributed by atoms with Crippen LogP contribution >= 0.6 is 22.9 Å². The molecule has 0 radical (unpaired) electrons. The molecule has 2 fully saturated rings. The lowest BCUT2D eigenvalue weighted by molar-refractivity contribution is 0.0917. The normalized spacial score (nSPS) is 19.9. The van der Waals surface area contributed by atoms with Gasteiger partial charge in [0.2, 0.25) is 10.0 Å². The minimum Gasteiger partial charge on any atom is -0.376 e. The van der Waals surface area contributed by atoms with E-state index in [1.165, 1.54) is 23.5 Å². The van der Waals surface area contributed by atoms with E-state index in [1.54, 1.807) is 27.4 Å². The molecule has 10 heteroatoms. The van der Waals surface area contributed by atoms with E-state index in [2.05, 4.69) is 11.9 Å². The highest BCUT2D eigenvalue weighted by molar-refractivity contribution is 7.89. The van der Waals surface area contributed by atoms with E-state index in [0.29, 0.717) is 47.9 Å². The molecule has 5 rings (SSSR count). The molecule has 2 aliphatic rings. The number of anilines is 1. The van der Waals surface area contributed by atoms with E-state index >= 15 is 0 Å². The van der Waals surface area contributed by atoms with Gasteiger partial charge in [0.1, 0.15) is 0 Å². The second kappa shape index (κ2) is 10.1. The summed E-state index contributed by atoms with van der Waals surface area (Å²) in [6.45, 7) is 4.27. The largest absolute Gasteiger partial charge is 0.376 e. The summed E-state index contributed by atoms with van der Waals surface area (Å²) < 4.78 is 34.4. The molecular weight excluding hydrogens is 506 g/mol. The molecule has 3 heterocycles. The van der Waals surface area contributed by atoms with Gasteiger partial charge in [-0.3, -0.25) is 9.69 Å². The van der Waals surface area contributed by atoms with Gasteiger partial charge in [-0.2, -0.15) is 4.31 Å². The number of sulfonamides is 1. The molecule has 186 valence electrons. The minimum absolute atomic E-state index is 0.0595. The van der Waals surface area contributed by atoms with Crippen molar-refractivity contribution in [3.05, 3.63) is 53.1 Å². The summed E-state index contributed by atoms with van der Waals surface area (Å²) in [4.78, 5) is 20.2. The molecule has 2 saturated heterocycles. The minimum atomic E-state index is -3.57. The number of hydrogen-bond donors (Lipinski definition) is 0. The number of benzene rings is 2. The average molecular weight is 534 g/mol. The molecule has 1 amide bonds. The number of amides is 1. The third kappa shape index (κ3) is 5.24. The standard InChI is InChI=1S/C25H28ClN3O4S2/c1-17-10-12-28(13-11-17)35(31,32)21-7-4-18(5-8-21)24(30)29(16-20-3-2-14-33-20)25-27-22-9-6-19(26)15-23(22)34-25/h4-9,15,17,20H,2-3,10-14,16H2,1H3. The van der Waals surface area contributed by atoms with Crippen LogP contribution in [0.5, 0.6) is 0 Å². The molecule has 2 aliphatic heterocycles. The van der Waals surface area contributed by atoms with Crippen molar-refractivity contribution in [1.82, 2.24) is 9.29 Å². The van der Waals surface area contributed by atoms with Crippen molar-refractivity contribution in [3.8, 4) is 0 Å². The van der Waals surface area contributed by atoms with Gasteiger partial charge in [0.25, 0.3) is 5.91 Å². The highest BCUT2D eigenvalue weighted by Gasteiger charge is 2.30. The van der Waals surface area contributed by atoms with E-state index < -0.39 is 10.0 Å². The summed E-state index contributed by atoms with van der Waals surface area (Å²) >= 11 is 7.55. The number of piperidine rings is 1. The zero-order chi connectivity index (χ0) is 24.6. The summed E-state index contributed by atoms with van der Waals surface area (Å²) in [5.74, 6) is 0.302. The van der Waals surface area contributed by atoms with Gasteiger partial charge >= 0.3 is 0 Å². The van der Waals surface area contributed by atoms with Gasteiger partial charge in [-0.15, -0.1) is 0 Å². The smallest absolute Gasteiger partial charge is 0.260 e. The Morgan fingerprint density at radius 3 is 2.60 bits per heavy atom. The molecule has 2 aromatic carbocycles. The summed E-state index contributed by atoms with van der Waals surface area (Å²) in [6.07, 6.45) is 3.51. The van der Waals surface area contributed by atoms with Crippen LogP contribution in [0.1, 0.15) is 43.0 Å². The first-order chi connectivity index (χ1) is 16.8. The molecule has 35 heavy (non-hydrogen) atoms. The van der Waals surface area contributed by atoms with Crippen molar-refractivity contribution in [2.24, 2.45) is 5.92 Å². The van der Waals surface area contributed by atoms with E-state index in [4.69, 9.17) is 16.3 Å². The maximum absolute atomic E-state index is 13.6. The molecule has 0 aliphatic carbocycles. The molecule has 1 atom stereocenters. The second-order valence-electron chi connectivity index (χ2n) is 9.27. The number of rotatable bonds is 6. The van der Waals surface area contributed by atoms with Crippen LogP contribution in [0.25, 0.3) is 10.2 Å². The van der Waals surface area contributed by atoms with Gasteiger partial charge < -0.3 is 4.74 Å². The fourth-order valence-electron chi connectivity index (χ4n) is 4.54. The fraction of sp³-hybridized carbons (Fsp3) is 0.440. The van der Waals surface area contributed by atoms with Gasteiger partial charge in [-0.05, 0) is 74.1 Å². The Hall–Kier alpha value is -2.04. The molecule has 0 N–H and O–H groups in total. The Morgan fingerprint density at radius 2 is 1.91 bits per heavy atom. The SMILES string of the molecule is CC1CCN(S(=O)(=O)c2ccc(C(=O)N(CC3CCCO3)c3nc4ccc(Cl)cc4s3)cc2)CC1. The molecule has 7 nitrogen and oxygen atoms in total. The Bertz CT molecular complexity index is 1310. The molecule has 1 aromatic heterocycles. The highest BCUT2D eigenvalue weighted by Crippen LogP contribution is 2.33. The molecule has 0 saturated carbocycles. The molecule has 0 bridgehead atoms. The van der Waals surface area contributed by atoms with Gasteiger partial charge in [0, 0.05) is 30.3 Å². The van der Waals surface area contributed by atoms with Crippen molar-refractivity contribution < 1.29 is 17.9 Å². The molecule has 0 spiro atoms. The van der Waals surface area contributed by atoms with E-state index in [9.17, 15) is 13.2 Å². The van der Waals surface area contributed by atoms with Crippen LogP contribution in [0, 0.1) is 5.92 Å². The maximum atomic E-state index is 13.6. The summed E-state index contributed by atoms with van der Waals surface area (Å²) in [6, 6.07) is 11.7. The first-order valence-corrected chi connectivity index (χ1v) is 14.5. The third-order valence-electron chi connectivity index (χ3n) is 6.71. The number of fused-ring (bicyclic) bond motifs is 1. The van der Waals surface area contributed by atoms with E-state index in [0.717, 1.165) is 35.9 Å². The van der Waals surface area contributed by atoms with Crippen LogP contribution in [0.2, 0.25) is 5.02 Å². The van der Waals surface area contributed by atoms with Crippen molar-refractivity contribution in [2.45, 2.75) is 43.6 Å². The van der Waals surface area contributed by atoms with Crippen molar-refractivity contribution in [3.63, 3.8) is 0 Å². The van der Waals surface area contributed by atoms with Gasteiger partial charge in [0.05, 0.1) is 27.8 Å². The first-order valence-electron chi connectivity index (χ1n) is 11.9. The molecular formula is C25H28ClN3O4S2. The van der Waals surface area contributed by atoms with Crippen LogP contribution < -0.4 is 4.90 Å². The van der Waals surface area contributed by atoms with Crippen molar-refractivity contribution in [2.75, 3.05) is 31.1 Å². The van der Waals surface area contributed by atoms with Gasteiger partial charge in [-0.1, -0.05) is 29.9 Å². The lowest BCUT2D eigenvalue weighted by Gasteiger charge is -2.29. The number of thiazole rings is 1. The monoisotopic (exact) mass is 533 g/mol. The Balaban J connectivity index is 1.41. The Morgan fingerprint density at radius 1 is 1.17 bits per heavy atom. The number of nitrogens with zero attached hydrogens (tertiary/aromatic N) is 3. The quantitative estimate of drug-likeness (QED) is 0.435. The summed E-state index contributed by atoms with van der Waals surface area (Å²) in [5.41, 5.74) is 1.18. The second-order valence-corrected chi connectivity index (χ2v) is 12.7. The fourth-order valence-corrected chi connectivity index (χ4v) is 7.26. The number of halogens is 1. The lowest BCUT2D eigenvalue weighted by Crippen LogP contribution is -2.38. The number of aromatic nitrogens is 1. The lowest BCUT2D eigenvalue weighted by atomic mass is 10.0. The zero-order valence-electron chi connectivity index (χ0n) is 19.5.